The number of aryl methyl sites for hydroxylation is 1. The van der Waals surface area contributed by atoms with Gasteiger partial charge in [0.25, 0.3) is 10.0 Å². The van der Waals surface area contributed by atoms with E-state index in [0.717, 1.165) is 24.2 Å². The van der Waals surface area contributed by atoms with Gasteiger partial charge in [-0.3, -0.25) is 4.79 Å². The van der Waals surface area contributed by atoms with Gasteiger partial charge in [0.05, 0.1) is 0 Å². The number of hydrogen-bond acceptors (Lipinski definition) is 7. The molecule has 0 bridgehead atoms. The molecule has 0 radical (unpaired) electrons. The van der Waals surface area contributed by atoms with Crippen molar-refractivity contribution in [2.24, 2.45) is 5.92 Å². The molecule has 2 aliphatic rings. The van der Waals surface area contributed by atoms with Gasteiger partial charge in [-0.05, 0) is 31.7 Å². The SMILES string of the molecule is CCc1nc(-c2csc(S(=O)(=O)N3CCC(C(=O)NC4CC4)CC3)c2)no1. The predicted octanol–water partition coefficient (Wildman–Crippen LogP) is 2.04. The Morgan fingerprint density at radius 3 is 2.70 bits per heavy atom. The number of nitrogens with zero attached hydrogens (tertiary/aromatic N) is 3. The maximum Gasteiger partial charge on any atom is 0.252 e. The third-order valence-corrected chi connectivity index (χ3v) is 8.26. The lowest BCUT2D eigenvalue weighted by Gasteiger charge is -2.30. The number of piperidine rings is 1. The Labute approximate surface area is 162 Å². The fourth-order valence-corrected chi connectivity index (χ4v) is 5.90. The minimum absolute atomic E-state index is 0.0665. The lowest BCUT2D eigenvalue weighted by atomic mass is 9.97. The number of hydrogen-bond donors (Lipinski definition) is 1. The van der Waals surface area contributed by atoms with Crippen molar-refractivity contribution in [2.75, 3.05) is 13.1 Å². The van der Waals surface area contributed by atoms with Gasteiger partial charge in [0.15, 0.2) is 0 Å². The number of sulfonamides is 1. The van der Waals surface area contributed by atoms with Crippen LogP contribution < -0.4 is 5.32 Å². The van der Waals surface area contributed by atoms with E-state index in [1.165, 1.54) is 4.31 Å². The largest absolute Gasteiger partial charge is 0.353 e. The number of thiophene rings is 1. The Kier molecular flexibility index (Phi) is 5.04. The first-order valence-electron chi connectivity index (χ1n) is 9.19. The summed E-state index contributed by atoms with van der Waals surface area (Å²) in [6.45, 7) is 2.64. The summed E-state index contributed by atoms with van der Waals surface area (Å²) < 4.78 is 32.7. The Hall–Kier alpha value is -1.78. The smallest absolute Gasteiger partial charge is 0.252 e. The van der Waals surface area contributed by atoms with Crippen molar-refractivity contribution in [1.29, 1.82) is 0 Å². The van der Waals surface area contributed by atoms with E-state index in [4.69, 9.17) is 4.52 Å². The van der Waals surface area contributed by atoms with E-state index >= 15 is 0 Å². The van der Waals surface area contributed by atoms with E-state index in [1.54, 1.807) is 11.4 Å². The number of rotatable bonds is 6. The number of carbonyl (C=O) groups excluding carboxylic acids is 1. The van der Waals surface area contributed by atoms with Crippen molar-refractivity contribution >= 4 is 27.3 Å². The van der Waals surface area contributed by atoms with Crippen LogP contribution in [0, 0.1) is 5.92 Å². The molecule has 1 amide bonds. The van der Waals surface area contributed by atoms with Crippen LogP contribution in [0.5, 0.6) is 0 Å². The Bertz CT molecular complexity index is 924. The lowest BCUT2D eigenvalue weighted by molar-refractivity contribution is -0.126. The molecule has 1 aliphatic carbocycles. The van der Waals surface area contributed by atoms with Crippen LogP contribution in [-0.2, 0) is 21.2 Å². The molecule has 1 saturated carbocycles. The summed E-state index contributed by atoms with van der Waals surface area (Å²) >= 11 is 1.16. The molecular formula is C17H22N4O4S2. The highest BCUT2D eigenvalue weighted by molar-refractivity contribution is 7.91. The minimum Gasteiger partial charge on any atom is -0.353 e. The number of amides is 1. The van der Waals surface area contributed by atoms with Crippen molar-refractivity contribution in [3.8, 4) is 11.4 Å². The van der Waals surface area contributed by atoms with E-state index in [9.17, 15) is 13.2 Å². The van der Waals surface area contributed by atoms with Crippen LogP contribution in [-0.4, -0.2) is 47.9 Å². The molecule has 1 saturated heterocycles. The van der Waals surface area contributed by atoms with Crippen LogP contribution in [0.25, 0.3) is 11.4 Å². The van der Waals surface area contributed by atoms with Crippen molar-refractivity contribution in [2.45, 2.75) is 49.3 Å². The highest BCUT2D eigenvalue weighted by Gasteiger charge is 2.34. The number of nitrogens with one attached hydrogen (secondary N) is 1. The van der Waals surface area contributed by atoms with Gasteiger partial charge >= 0.3 is 0 Å². The maximum absolute atomic E-state index is 12.9. The topological polar surface area (TPSA) is 105 Å². The summed E-state index contributed by atoms with van der Waals surface area (Å²) in [6, 6.07) is 1.93. The first-order valence-corrected chi connectivity index (χ1v) is 11.5. The molecule has 8 nitrogen and oxygen atoms in total. The molecule has 2 fully saturated rings. The van der Waals surface area contributed by atoms with Gasteiger partial charge in [-0.15, -0.1) is 11.3 Å². The van der Waals surface area contributed by atoms with Crippen LogP contribution in [0.4, 0.5) is 0 Å². The van der Waals surface area contributed by atoms with Crippen LogP contribution in [0.1, 0.15) is 38.5 Å². The third-order valence-electron chi connectivity index (χ3n) is 4.95. The van der Waals surface area contributed by atoms with Crippen molar-refractivity contribution < 1.29 is 17.7 Å². The average molecular weight is 411 g/mol. The summed E-state index contributed by atoms with van der Waals surface area (Å²) in [7, 11) is -3.57. The van der Waals surface area contributed by atoms with Crippen molar-refractivity contribution in [3.05, 3.63) is 17.3 Å². The summed E-state index contributed by atoms with van der Waals surface area (Å²) in [5.74, 6) is 0.895. The summed E-state index contributed by atoms with van der Waals surface area (Å²) in [5, 5.41) is 8.63. The van der Waals surface area contributed by atoms with Gasteiger partial charge in [-0.25, -0.2) is 8.42 Å². The van der Waals surface area contributed by atoms with Gasteiger partial charge in [0, 0.05) is 42.4 Å². The second-order valence-corrected chi connectivity index (χ2v) is 10.1. The molecule has 2 aromatic heterocycles. The molecule has 10 heteroatoms. The molecule has 146 valence electrons. The molecule has 2 aromatic rings. The summed E-state index contributed by atoms with van der Waals surface area (Å²) in [4.78, 5) is 16.4. The first kappa shape index (κ1) is 18.6. The molecule has 0 unspecified atom stereocenters. The van der Waals surface area contributed by atoms with Gasteiger partial charge < -0.3 is 9.84 Å². The van der Waals surface area contributed by atoms with E-state index < -0.39 is 10.0 Å². The zero-order valence-corrected chi connectivity index (χ0v) is 16.7. The Morgan fingerprint density at radius 2 is 2.07 bits per heavy atom. The van der Waals surface area contributed by atoms with Gasteiger partial charge in [0.1, 0.15) is 4.21 Å². The van der Waals surface area contributed by atoms with Gasteiger partial charge in [-0.2, -0.15) is 9.29 Å². The summed E-state index contributed by atoms with van der Waals surface area (Å²) in [6.07, 6.45) is 3.85. The molecule has 4 rings (SSSR count). The van der Waals surface area contributed by atoms with Crippen LogP contribution in [0.15, 0.2) is 20.2 Å². The van der Waals surface area contributed by atoms with E-state index in [-0.39, 0.29) is 16.0 Å². The average Bonchev–Trinajstić information content (AvgIpc) is 3.15. The van der Waals surface area contributed by atoms with Crippen LogP contribution in [0.3, 0.4) is 0 Å². The number of aromatic nitrogens is 2. The monoisotopic (exact) mass is 410 g/mol. The minimum atomic E-state index is -3.57. The van der Waals surface area contributed by atoms with Crippen molar-refractivity contribution in [3.63, 3.8) is 0 Å². The van der Waals surface area contributed by atoms with E-state index in [1.807, 2.05) is 6.92 Å². The molecule has 1 N–H and O–H groups in total. The molecule has 0 aromatic carbocycles. The van der Waals surface area contributed by atoms with E-state index in [2.05, 4.69) is 15.5 Å². The van der Waals surface area contributed by atoms with Crippen molar-refractivity contribution in [1.82, 2.24) is 19.8 Å². The molecule has 1 aliphatic heterocycles. The lowest BCUT2D eigenvalue weighted by Crippen LogP contribution is -2.43. The zero-order valence-electron chi connectivity index (χ0n) is 15.1. The molecule has 0 atom stereocenters. The fourth-order valence-electron chi connectivity index (χ4n) is 3.12. The van der Waals surface area contributed by atoms with Crippen LogP contribution in [0.2, 0.25) is 0 Å². The highest BCUT2D eigenvalue weighted by atomic mass is 32.2. The second-order valence-electron chi connectivity index (χ2n) is 6.98. The first-order chi connectivity index (χ1) is 13.0. The second kappa shape index (κ2) is 7.33. The van der Waals surface area contributed by atoms with E-state index in [0.29, 0.717) is 55.7 Å². The molecular weight excluding hydrogens is 388 g/mol. The highest BCUT2D eigenvalue weighted by Crippen LogP contribution is 2.31. The normalized spacial score (nSPS) is 19.3. The third kappa shape index (κ3) is 3.92. The van der Waals surface area contributed by atoms with Gasteiger partial charge in [0.2, 0.25) is 17.6 Å². The molecule has 27 heavy (non-hydrogen) atoms. The molecule has 3 heterocycles. The van der Waals surface area contributed by atoms with Crippen LogP contribution >= 0.6 is 11.3 Å². The number of carbonyl (C=O) groups is 1. The molecule has 0 spiro atoms. The summed E-state index contributed by atoms with van der Waals surface area (Å²) in [5.41, 5.74) is 0.640. The van der Waals surface area contributed by atoms with Gasteiger partial charge in [-0.1, -0.05) is 12.1 Å². The quantitative estimate of drug-likeness (QED) is 0.781. The Balaban J connectivity index is 1.42. The predicted molar refractivity (Wildman–Crippen MR) is 99.6 cm³/mol. The maximum atomic E-state index is 12.9. The Morgan fingerprint density at radius 1 is 1.33 bits per heavy atom. The zero-order chi connectivity index (χ0) is 19.0. The fraction of sp³-hybridized carbons (Fsp3) is 0.588. The standard InChI is InChI=1S/C17H22N4O4S2/c1-2-14-19-16(20-25-14)12-9-15(26-10-12)27(23,24)21-7-5-11(6-8-21)17(22)18-13-3-4-13/h9-11,13H,2-8H2,1H3,(H,18,22).